The zero-order valence-corrected chi connectivity index (χ0v) is 15.7. The number of nitrogens with one attached hydrogen (secondary N) is 2. The zero-order valence-electron chi connectivity index (χ0n) is 15.7. The predicted molar refractivity (Wildman–Crippen MR) is 111 cm³/mol. The Morgan fingerprint density at radius 2 is 1.69 bits per heavy atom. The van der Waals surface area contributed by atoms with Crippen LogP contribution in [0.25, 0.3) is 11.2 Å². The SMILES string of the molecule is c1ccc(Oc2ccc(Nc3nc(N4CCOCC4)nc4nc[nH]c34)cc2)cc1. The Balaban J connectivity index is 1.38. The number of hydrogen-bond acceptors (Lipinski definition) is 7. The molecule has 1 fully saturated rings. The number of hydrogen-bond donors (Lipinski definition) is 2. The molecule has 1 aliphatic heterocycles. The summed E-state index contributed by atoms with van der Waals surface area (Å²) >= 11 is 0. The first-order valence-electron chi connectivity index (χ1n) is 9.49. The van der Waals surface area contributed by atoms with Gasteiger partial charge in [-0.15, -0.1) is 0 Å². The number of rotatable bonds is 5. The Morgan fingerprint density at radius 1 is 0.931 bits per heavy atom. The zero-order chi connectivity index (χ0) is 19.5. The third kappa shape index (κ3) is 3.83. The second-order valence-corrected chi connectivity index (χ2v) is 6.64. The highest BCUT2D eigenvalue weighted by Crippen LogP contribution is 2.27. The average Bonchev–Trinajstić information content (AvgIpc) is 3.26. The molecule has 29 heavy (non-hydrogen) atoms. The minimum atomic E-state index is 0.632. The number of anilines is 3. The van der Waals surface area contributed by atoms with Gasteiger partial charge in [0.2, 0.25) is 5.95 Å². The molecule has 2 aromatic carbocycles. The van der Waals surface area contributed by atoms with Crippen molar-refractivity contribution < 1.29 is 9.47 Å². The fraction of sp³-hybridized carbons (Fsp3) is 0.190. The lowest BCUT2D eigenvalue weighted by Crippen LogP contribution is -2.37. The molecule has 5 rings (SSSR count). The van der Waals surface area contributed by atoms with E-state index in [1.165, 1.54) is 0 Å². The molecule has 2 aromatic heterocycles. The molecule has 0 aliphatic carbocycles. The predicted octanol–water partition coefficient (Wildman–Crippen LogP) is 3.73. The minimum absolute atomic E-state index is 0.632. The summed E-state index contributed by atoms with van der Waals surface area (Å²) in [5.41, 5.74) is 2.30. The van der Waals surface area contributed by atoms with Crippen molar-refractivity contribution in [3.63, 3.8) is 0 Å². The van der Waals surface area contributed by atoms with Gasteiger partial charge in [-0.2, -0.15) is 9.97 Å². The number of fused-ring (bicyclic) bond motifs is 1. The molecule has 0 spiro atoms. The molecule has 3 heterocycles. The first kappa shape index (κ1) is 17.4. The van der Waals surface area contributed by atoms with Crippen LogP contribution in [0.4, 0.5) is 17.5 Å². The minimum Gasteiger partial charge on any atom is -0.457 e. The molecule has 0 atom stereocenters. The number of H-pyrrole nitrogens is 1. The second-order valence-electron chi connectivity index (χ2n) is 6.64. The third-order valence-corrected chi connectivity index (χ3v) is 4.66. The summed E-state index contributed by atoms with van der Waals surface area (Å²) in [6, 6.07) is 17.5. The molecule has 0 unspecified atom stereocenters. The molecule has 0 radical (unpaired) electrons. The molecular weight excluding hydrogens is 368 g/mol. The number of aromatic amines is 1. The van der Waals surface area contributed by atoms with Crippen LogP contribution in [0, 0.1) is 0 Å². The van der Waals surface area contributed by atoms with Crippen molar-refractivity contribution in [2.75, 3.05) is 36.5 Å². The van der Waals surface area contributed by atoms with Crippen LogP contribution in [0.1, 0.15) is 0 Å². The van der Waals surface area contributed by atoms with E-state index in [9.17, 15) is 0 Å². The van der Waals surface area contributed by atoms with Crippen molar-refractivity contribution in [3.8, 4) is 11.5 Å². The maximum atomic E-state index is 5.85. The number of morpholine rings is 1. The van der Waals surface area contributed by atoms with Gasteiger partial charge in [0.25, 0.3) is 0 Å². The van der Waals surface area contributed by atoms with E-state index in [0.29, 0.717) is 30.6 Å². The van der Waals surface area contributed by atoms with E-state index >= 15 is 0 Å². The first-order valence-corrected chi connectivity index (χ1v) is 9.49. The number of ether oxygens (including phenoxy) is 2. The van der Waals surface area contributed by atoms with Crippen molar-refractivity contribution in [1.29, 1.82) is 0 Å². The van der Waals surface area contributed by atoms with E-state index < -0.39 is 0 Å². The summed E-state index contributed by atoms with van der Waals surface area (Å²) in [6.07, 6.45) is 1.63. The monoisotopic (exact) mass is 388 g/mol. The van der Waals surface area contributed by atoms with E-state index in [-0.39, 0.29) is 0 Å². The quantitative estimate of drug-likeness (QED) is 0.539. The van der Waals surface area contributed by atoms with Gasteiger partial charge in [0, 0.05) is 18.8 Å². The van der Waals surface area contributed by atoms with Crippen LogP contribution in [0.15, 0.2) is 60.9 Å². The van der Waals surface area contributed by atoms with Gasteiger partial charge in [-0.05, 0) is 36.4 Å². The summed E-state index contributed by atoms with van der Waals surface area (Å²) < 4.78 is 11.3. The Kier molecular flexibility index (Phi) is 4.67. The van der Waals surface area contributed by atoms with E-state index in [2.05, 4.69) is 25.2 Å². The van der Waals surface area contributed by atoms with Crippen LogP contribution in [0.2, 0.25) is 0 Å². The van der Waals surface area contributed by atoms with Crippen molar-refractivity contribution >= 4 is 28.6 Å². The Morgan fingerprint density at radius 3 is 2.48 bits per heavy atom. The van der Waals surface area contributed by atoms with Gasteiger partial charge in [-0.1, -0.05) is 18.2 Å². The molecule has 2 N–H and O–H groups in total. The molecule has 8 nitrogen and oxygen atoms in total. The maximum Gasteiger partial charge on any atom is 0.229 e. The van der Waals surface area contributed by atoms with Crippen LogP contribution in [-0.4, -0.2) is 46.2 Å². The Bertz CT molecular complexity index is 1090. The van der Waals surface area contributed by atoms with Gasteiger partial charge >= 0.3 is 0 Å². The number of aromatic nitrogens is 4. The first-order chi connectivity index (χ1) is 14.3. The Hall–Kier alpha value is -3.65. The van der Waals surface area contributed by atoms with Gasteiger partial charge in [-0.25, -0.2) is 4.98 Å². The molecule has 4 aromatic rings. The van der Waals surface area contributed by atoms with Crippen molar-refractivity contribution in [1.82, 2.24) is 19.9 Å². The summed E-state index contributed by atoms with van der Waals surface area (Å²) in [4.78, 5) is 18.8. The number of benzene rings is 2. The molecule has 0 bridgehead atoms. The summed E-state index contributed by atoms with van der Waals surface area (Å²) in [7, 11) is 0. The van der Waals surface area contributed by atoms with Gasteiger partial charge in [0.05, 0.1) is 19.5 Å². The highest BCUT2D eigenvalue weighted by atomic mass is 16.5. The van der Waals surface area contributed by atoms with Gasteiger partial charge in [0.1, 0.15) is 17.0 Å². The second kappa shape index (κ2) is 7.76. The molecule has 146 valence electrons. The fourth-order valence-electron chi connectivity index (χ4n) is 3.18. The van der Waals surface area contributed by atoms with E-state index in [0.717, 1.165) is 35.8 Å². The van der Waals surface area contributed by atoms with Gasteiger partial charge < -0.3 is 24.7 Å². The van der Waals surface area contributed by atoms with E-state index in [1.54, 1.807) is 6.33 Å². The highest BCUT2D eigenvalue weighted by molar-refractivity contribution is 5.86. The lowest BCUT2D eigenvalue weighted by molar-refractivity contribution is 0.122. The highest BCUT2D eigenvalue weighted by Gasteiger charge is 2.17. The number of imidazole rings is 1. The smallest absolute Gasteiger partial charge is 0.229 e. The molecule has 1 aliphatic rings. The average molecular weight is 388 g/mol. The third-order valence-electron chi connectivity index (χ3n) is 4.66. The van der Waals surface area contributed by atoms with Crippen molar-refractivity contribution in [2.45, 2.75) is 0 Å². The van der Waals surface area contributed by atoms with Crippen LogP contribution >= 0.6 is 0 Å². The van der Waals surface area contributed by atoms with E-state index in [1.807, 2.05) is 54.6 Å². The summed E-state index contributed by atoms with van der Waals surface area (Å²) in [5, 5.41) is 3.37. The molecule has 8 heteroatoms. The van der Waals surface area contributed by atoms with E-state index in [4.69, 9.17) is 14.5 Å². The summed E-state index contributed by atoms with van der Waals surface area (Å²) in [6.45, 7) is 2.88. The maximum absolute atomic E-state index is 5.85. The standard InChI is InChI=1S/C21H20N6O2/c1-2-4-16(5-3-1)29-17-8-6-15(7-9-17)24-20-18-19(23-14-22-18)25-21(26-20)27-10-12-28-13-11-27/h1-9,14H,10-13H2,(H2,22,23,24,25,26). The topological polar surface area (TPSA) is 88.2 Å². The lowest BCUT2D eigenvalue weighted by atomic mass is 10.3. The molecule has 1 saturated heterocycles. The molecule has 0 amide bonds. The number of nitrogens with zero attached hydrogens (tertiary/aromatic N) is 4. The van der Waals surface area contributed by atoms with Crippen molar-refractivity contribution in [2.24, 2.45) is 0 Å². The molecule has 0 saturated carbocycles. The Labute approximate surface area is 167 Å². The normalized spacial score (nSPS) is 14.1. The largest absolute Gasteiger partial charge is 0.457 e. The van der Waals surface area contributed by atoms with Crippen LogP contribution in [0.5, 0.6) is 11.5 Å². The molecular formula is C21H20N6O2. The van der Waals surface area contributed by atoms with Gasteiger partial charge in [0.15, 0.2) is 11.5 Å². The van der Waals surface area contributed by atoms with Crippen LogP contribution in [-0.2, 0) is 4.74 Å². The van der Waals surface area contributed by atoms with Crippen LogP contribution in [0.3, 0.4) is 0 Å². The van der Waals surface area contributed by atoms with Crippen LogP contribution < -0.4 is 15.0 Å². The van der Waals surface area contributed by atoms with Gasteiger partial charge in [-0.3, -0.25) is 0 Å². The fourth-order valence-corrected chi connectivity index (χ4v) is 3.18. The lowest BCUT2D eigenvalue weighted by Gasteiger charge is -2.27. The summed E-state index contributed by atoms with van der Waals surface area (Å²) in [5.74, 6) is 2.91. The van der Waals surface area contributed by atoms with Crippen molar-refractivity contribution in [3.05, 3.63) is 60.9 Å². The number of para-hydroxylation sites is 1.